The van der Waals surface area contributed by atoms with Crippen molar-refractivity contribution in [2.45, 2.75) is 6.92 Å². The van der Waals surface area contributed by atoms with Crippen LogP contribution in [0.3, 0.4) is 0 Å². The average molecular weight is 416 g/mol. The molecule has 0 aliphatic carbocycles. The molecular formula is C25H20O6. The summed E-state index contributed by atoms with van der Waals surface area (Å²) in [7, 11) is 3.08. The highest BCUT2D eigenvalue weighted by Crippen LogP contribution is 2.39. The van der Waals surface area contributed by atoms with Crippen molar-refractivity contribution >= 4 is 17.8 Å². The molecule has 0 aromatic heterocycles. The molecule has 0 amide bonds. The number of methoxy groups -OCH3 is 2. The lowest BCUT2D eigenvalue weighted by molar-refractivity contribution is 0.0734. The van der Waals surface area contributed by atoms with Crippen LogP contribution in [0.15, 0.2) is 66.4 Å². The van der Waals surface area contributed by atoms with Crippen molar-refractivity contribution in [3.63, 3.8) is 0 Å². The molecule has 156 valence electrons. The summed E-state index contributed by atoms with van der Waals surface area (Å²) in [4.78, 5) is 25.3. The third kappa shape index (κ3) is 3.88. The number of fused-ring (bicyclic) bond motifs is 1. The Balaban J connectivity index is 1.65. The maximum absolute atomic E-state index is 13.0. The van der Waals surface area contributed by atoms with Crippen molar-refractivity contribution in [1.29, 1.82) is 0 Å². The number of esters is 1. The van der Waals surface area contributed by atoms with Crippen LogP contribution in [0, 0.1) is 6.92 Å². The fraction of sp³-hybridized carbons (Fsp3) is 0.120. The molecule has 1 heterocycles. The predicted octanol–water partition coefficient (Wildman–Crippen LogP) is 4.85. The number of benzene rings is 3. The molecule has 6 nitrogen and oxygen atoms in total. The maximum atomic E-state index is 13.0. The number of para-hydroxylation sites is 1. The molecule has 1 aliphatic heterocycles. The second kappa shape index (κ2) is 8.36. The number of hydrogen-bond acceptors (Lipinski definition) is 6. The minimum absolute atomic E-state index is 0.149. The monoisotopic (exact) mass is 416 g/mol. The number of Topliss-reactive ketones (excluding diaryl/α,β-unsaturated/α-hetero) is 1. The Morgan fingerprint density at radius 2 is 1.74 bits per heavy atom. The van der Waals surface area contributed by atoms with Crippen LogP contribution < -0.4 is 18.9 Å². The van der Waals surface area contributed by atoms with Gasteiger partial charge in [-0.05, 0) is 42.8 Å². The third-order valence-corrected chi connectivity index (χ3v) is 4.88. The van der Waals surface area contributed by atoms with E-state index >= 15 is 0 Å². The van der Waals surface area contributed by atoms with Crippen molar-refractivity contribution in [2.24, 2.45) is 0 Å². The van der Waals surface area contributed by atoms with Gasteiger partial charge in [0.1, 0.15) is 11.5 Å². The van der Waals surface area contributed by atoms with E-state index in [-0.39, 0.29) is 11.5 Å². The first kappa shape index (κ1) is 20.2. The summed E-state index contributed by atoms with van der Waals surface area (Å²) in [5.41, 5.74) is 2.17. The first-order valence-corrected chi connectivity index (χ1v) is 9.59. The fourth-order valence-corrected chi connectivity index (χ4v) is 3.44. The molecule has 0 saturated heterocycles. The predicted molar refractivity (Wildman–Crippen MR) is 115 cm³/mol. The fourth-order valence-electron chi connectivity index (χ4n) is 3.44. The highest BCUT2D eigenvalue weighted by molar-refractivity contribution is 6.15. The van der Waals surface area contributed by atoms with E-state index in [2.05, 4.69) is 0 Å². The summed E-state index contributed by atoms with van der Waals surface area (Å²) in [6.07, 6.45) is 1.61. The molecule has 1 aliphatic rings. The summed E-state index contributed by atoms with van der Waals surface area (Å²) in [5.74, 6) is 1.10. The van der Waals surface area contributed by atoms with Gasteiger partial charge in [0.2, 0.25) is 5.78 Å². The van der Waals surface area contributed by atoms with Gasteiger partial charge < -0.3 is 18.9 Å². The minimum Gasteiger partial charge on any atom is -0.493 e. The summed E-state index contributed by atoms with van der Waals surface area (Å²) in [6, 6.07) is 17.2. The normalized spacial score (nSPS) is 13.5. The van der Waals surface area contributed by atoms with Gasteiger partial charge >= 0.3 is 5.97 Å². The molecule has 0 bridgehead atoms. The summed E-state index contributed by atoms with van der Waals surface area (Å²) in [6.45, 7) is 1.77. The van der Waals surface area contributed by atoms with E-state index in [4.69, 9.17) is 18.9 Å². The van der Waals surface area contributed by atoms with Crippen LogP contribution in [0.1, 0.15) is 31.8 Å². The van der Waals surface area contributed by atoms with Crippen LogP contribution >= 0.6 is 0 Å². The first-order valence-electron chi connectivity index (χ1n) is 9.59. The van der Waals surface area contributed by atoms with Crippen molar-refractivity contribution in [1.82, 2.24) is 0 Å². The smallest absolute Gasteiger partial charge is 0.343 e. The van der Waals surface area contributed by atoms with Gasteiger partial charge in [-0.2, -0.15) is 0 Å². The zero-order chi connectivity index (χ0) is 22.0. The van der Waals surface area contributed by atoms with Gasteiger partial charge in [-0.15, -0.1) is 0 Å². The third-order valence-electron chi connectivity index (χ3n) is 4.88. The molecule has 0 spiro atoms. The number of allylic oxidation sites excluding steroid dienone is 1. The van der Waals surface area contributed by atoms with Crippen LogP contribution in [-0.4, -0.2) is 26.0 Å². The van der Waals surface area contributed by atoms with Gasteiger partial charge in [-0.3, -0.25) is 4.79 Å². The van der Waals surface area contributed by atoms with Gasteiger partial charge in [0.25, 0.3) is 0 Å². The van der Waals surface area contributed by atoms with E-state index in [9.17, 15) is 9.59 Å². The highest BCUT2D eigenvalue weighted by Gasteiger charge is 2.30. The molecule has 3 aromatic carbocycles. The molecule has 0 atom stereocenters. The Hall–Kier alpha value is -4.06. The zero-order valence-electron chi connectivity index (χ0n) is 17.3. The molecular weight excluding hydrogens is 396 g/mol. The lowest BCUT2D eigenvalue weighted by Gasteiger charge is -2.10. The van der Waals surface area contributed by atoms with Gasteiger partial charge in [0, 0.05) is 11.6 Å². The Morgan fingerprint density at radius 1 is 0.968 bits per heavy atom. The van der Waals surface area contributed by atoms with Crippen molar-refractivity contribution < 1.29 is 28.5 Å². The van der Waals surface area contributed by atoms with Crippen LogP contribution in [0.25, 0.3) is 6.08 Å². The second-order valence-electron chi connectivity index (χ2n) is 6.89. The van der Waals surface area contributed by atoms with Gasteiger partial charge in [0.15, 0.2) is 17.3 Å². The molecule has 6 heteroatoms. The number of aryl methyl sites for hydroxylation is 1. The van der Waals surface area contributed by atoms with Crippen LogP contribution in [0.5, 0.6) is 23.0 Å². The molecule has 0 unspecified atom stereocenters. The number of hydrogen-bond donors (Lipinski definition) is 0. The number of carbonyl (C=O) groups is 2. The molecule has 0 saturated carbocycles. The summed E-state index contributed by atoms with van der Waals surface area (Å²) in [5, 5.41) is 0. The molecule has 31 heavy (non-hydrogen) atoms. The molecule has 0 fully saturated rings. The quantitative estimate of drug-likeness (QED) is 0.336. The first-order chi connectivity index (χ1) is 15.0. The Bertz CT molecular complexity index is 1190. The molecule has 4 rings (SSSR count). The van der Waals surface area contributed by atoms with E-state index in [0.29, 0.717) is 45.3 Å². The Labute approximate surface area is 179 Å². The lowest BCUT2D eigenvalue weighted by Crippen LogP contribution is -2.08. The Kier molecular flexibility index (Phi) is 5.45. The zero-order valence-corrected chi connectivity index (χ0v) is 17.3. The number of ketones is 1. The number of ether oxygens (including phenoxy) is 4. The molecule has 0 N–H and O–H groups in total. The van der Waals surface area contributed by atoms with Crippen LogP contribution in [0.4, 0.5) is 0 Å². The van der Waals surface area contributed by atoms with Crippen LogP contribution in [-0.2, 0) is 0 Å². The van der Waals surface area contributed by atoms with Gasteiger partial charge in [0.05, 0.1) is 25.3 Å². The lowest BCUT2D eigenvalue weighted by atomic mass is 10.0. The number of carbonyl (C=O) groups excluding carboxylic acids is 2. The second-order valence-corrected chi connectivity index (χ2v) is 6.89. The summed E-state index contributed by atoms with van der Waals surface area (Å²) < 4.78 is 22.0. The van der Waals surface area contributed by atoms with E-state index < -0.39 is 5.97 Å². The highest BCUT2D eigenvalue weighted by atomic mass is 16.5. The molecule has 0 radical (unpaired) electrons. The summed E-state index contributed by atoms with van der Waals surface area (Å²) >= 11 is 0. The van der Waals surface area contributed by atoms with Crippen molar-refractivity contribution in [3.05, 3.63) is 88.7 Å². The average Bonchev–Trinajstić information content (AvgIpc) is 3.09. The van der Waals surface area contributed by atoms with Crippen molar-refractivity contribution in [3.8, 4) is 23.0 Å². The number of rotatable bonds is 5. The topological polar surface area (TPSA) is 71.1 Å². The molecule has 3 aromatic rings. The SMILES string of the molecule is COc1cccc(/C=C2\Oc3cc(OC(=O)c4ccccc4)cc(C)c3C2=O)c1OC. The van der Waals surface area contributed by atoms with Gasteiger partial charge in [-0.25, -0.2) is 4.79 Å². The standard InChI is InChI=1S/C25H20O6/c1-15-12-18(30-25(27)16-8-5-4-6-9-16)14-20-22(15)23(26)21(31-20)13-17-10-7-11-19(28-2)24(17)29-3/h4-14H,1-3H3/b21-13-. The van der Waals surface area contributed by atoms with E-state index in [1.54, 1.807) is 74.7 Å². The largest absolute Gasteiger partial charge is 0.493 e. The van der Waals surface area contributed by atoms with Crippen LogP contribution in [0.2, 0.25) is 0 Å². The van der Waals surface area contributed by atoms with E-state index in [1.165, 1.54) is 7.11 Å². The van der Waals surface area contributed by atoms with Gasteiger partial charge in [-0.1, -0.05) is 30.3 Å². The Morgan fingerprint density at radius 3 is 2.45 bits per heavy atom. The van der Waals surface area contributed by atoms with E-state index in [0.717, 1.165) is 0 Å². The van der Waals surface area contributed by atoms with Crippen molar-refractivity contribution in [2.75, 3.05) is 14.2 Å². The minimum atomic E-state index is -0.485. The maximum Gasteiger partial charge on any atom is 0.343 e. The van der Waals surface area contributed by atoms with E-state index in [1.807, 2.05) is 6.07 Å².